The summed E-state index contributed by atoms with van der Waals surface area (Å²) in [5, 5.41) is 12.0. The first-order chi connectivity index (χ1) is 16.0. The Morgan fingerprint density at radius 3 is 1.58 bits per heavy atom. The highest BCUT2D eigenvalue weighted by Crippen LogP contribution is 2.25. The number of benzene rings is 2. The number of fused-ring (bicyclic) bond motifs is 2. The summed E-state index contributed by atoms with van der Waals surface area (Å²) < 4.78 is 4.35. The first-order valence-electron chi connectivity index (χ1n) is 9.27. The molecule has 4 heterocycles. The van der Waals surface area contributed by atoms with Crippen molar-refractivity contribution >= 4 is 35.6 Å². The van der Waals surface area contributed by atoms with Gasteiger partial charge >= 0.3 is 11.9 Å². The molecule has 0 unspecified atom stereocenters. The molecular formula is C20H14N8O5. The number of hydrogen-bond donors (Lipinski definition) is 3. The number of cyclic esters (lactones) is 2. The lowest BCUT2D eigenvalue weighted by Gasteiger charge is -2.07. The van der Waals surface area contributed by atoms with Gasteiger partial charge in [-0.2, -0.15) is 15.2 Å². The Bertz CT molecular complexity index is 1270. The number of imide groups is 1. The molecular weight excluding hydrogens is 432 g/mol. The fourth-order valence-electron chi connectivity index (χ4n) is 2.94. The molecule has 0 radical (unpaired) electrons. The summed E-state index contributed by atoms with van der Waals surface area (Å²) in [6.07, 6.45) is 2.61. The van der Waals surface area contributed by atoms with Crippen LogP contribution in [0.2, 0.25) is 0 Å². The molecule has 2 aromatic carbocycles. The summed E-state index contributed by atoms with van der Waals surface area (Å²) in [5.74, 6) is -1.35. The molecule has 4 aromatic rings. The van der Waals surface area contributed by atoms with Gasteiger partial charge in [0.1, 0.15) is 12.7 Å². The van der Waals surface area contributed by atoms with Gasteiger partial charge in [-0.1, -0.05) is 24.3 Å². The highest BCUT2D eigenvalue weighted by atomic mass is 16.6. The van der Waals surface area contributed by atoms with E-state index in [1.165, 1.54) is 12.7 Å². The number of H-pyrrole nitrogens is 2. The second kappa shape index (κ2) is 8.89. The van der Waals surface area contributed by atoms with E-state index in [9.17, 15) is 19.2 Å². The normalized spacial score (nSPS) is 13.4. The SMILES string of the molecule is Nc1ncn[nH]1.O=C1OC(=O)c2ccccc21.O=C1c2ccccc2C(=O)N1c1ncn[nH]1. The topological polar surface area (TPSA) is 190 Å². The van der Waals surface area contributed by atoms with Crippen molar-refractivity contribution < 1.29 is 23.9 Å². The molecule has 6 rings (SSSR count). The van der Waals surface area contributed by atoms with Gasteiger partial charge in [-0.25, -0.2) is 29.7 Å². The van der Waals surface area contributed by atoms with Crippen LogP contribution in [0.25, 0.3) is 0 Å². The van der Waals surface area contributed by atoms with E-state index >= 15 is 0 Å². The Kier molecular flexibility index (Phi) is 5.67. The highest BCUT2D eigenvalue weighted by molar-refractivity contribution is 6.33. The third kappa shape index (κ3) is 4.18. The van der Waals surface area contributed by atoms with Crippen molar-refractivity contribution in [3.05, 3.63) is 83.4 Å². The quantitative estimate of drug-likeness (QED) is 0.216. The molecule has 0 fully saturated rings. The number of rotatable bonds is 1. The number of carbonyl (C=O) groups excluding carboxylic acids is 4. The van der Waals surface area contributed by atoms with Gasteiger partial charge < -0.3 is 10.5 Å². The number of aromatic nitrogens is 6. The summed E-state index contributed by atoms with van der Waals surface area (Å²) in [6.45, 7) is 0. The van der Waals surface area contributed by atoms with Crippen LogP contribution >= 0.6 is 0 Å². The predicted octanol–water partition coefficient (Wildman–Crippen LogP) is 0.989. The van der Waals surface area contributed by atoms with Gasteiger partial charge in [-0.15, -0.1) is 0 Å². The summed E-state index contributed by atoms with van der Waals surface area (Å²) in [4.78, 5) is 53.8. The van der Waals surface area contributed by atoms with E-state index < -0.39 is 11.9 Å². The Morgan fingerprint density at radius 1 is 0.697 bits per heavy atom. The molecule has 2 aliphatic rings. The molecule has 0 atom stereocenters. The van der Waals surface area contributed by atoms with Gasteiger partial charge in [0.05, 0.1) is 22.3 Å². The molecule has 2 aromatic heterocycles. The second-order valence-electron chi connectivity index (χ2n) is 6.39. The van der Waals surface area contributed by atoms with Crippen LogP contribution in [0, 0.1) is 0 Å². The van der Waals surface area contributed by atoms with Crippen molar-refractivity contribution in [2.75, 3.05) is 10.6 Å². The van der Waals surface area contributed by atoms with E-state index in [1.54, 1.807) is 48.5 Å². The number of esters is 2. The van der Waals surface area contributed by atoms with E-state index in [1.807, 2.05) is 0 Å². The number of amides is 2. The van der Waals surface area contributed by atoms with Crippen LogP contribution in [-0.4, -0.2) is 54.1 Å². The van der Waals surface area contributed by atoms with Gasteiger partial charge in [0, 0.05) is 0 Å². The highest BCUT2D eigenvalue weighted by Gasteiger charge is 2.37. The number of ether oxygens (including phenoxy) is 1. The average Bonchev–Trinajstić information content (AvgIpc) is 3.61. The van der Waals surface area contributed by atoms with Crippen LogP contribution in [0.15, 0.2) is 61.2 Å². The van der Waals surface area contributed by atoms with E-state index in [4.69, 9.17) is 5.73 Å². The Hall–Kier alpha value is -5.20. The molecule has 0 saturated heterocycles. The minimum Gasteiger partial charge on any atom is -0.386 e. The maximum atomic E-state index is 11.9. The first-order valence-corrected chi connectivity index (χ1v) is 9.27. The van der Waals surface area contributed by atoms with Crippen molar-refractivity contribution in [2.45, 2.75) is 0 Å². The molecule has 0 saturated carbocycles. The number of carbonyl (C=O) groups is 4. The largest absolute Gasteiger partial charge is 0.386 e. The fraction of sp³-hybridized carbons (Fsp3) is 0. The summed E-state index contributed by atoms with van der Waals surface area (Å²) >= 11 is 0. The van der Waals surface area contributed by atoms with Gasteiger partial charge in [0.2, 0.25) is 11.9 Å². The minimum atomic E-state index is -0.550. The molecule has 13 nitrogen and oxygen atoms in total. The lowest BCUT2D eigenvalue weighted by atomic mass is 10.1. The molecule has 13 heteroatoms. The Labute approximate surface area is 184 Å². The van der Waals surface area contributed by atoms with Crippen molar-refractivity contribution in [2.24, 2.45) is 0 Å². The number of nitrogens with two attached hydrogens (primary N) is 1. The van der Waals surface area contributed by atoms with Crippen molar-refractivity contribution in [1.29, 1.82) is 0 Å². The van der Waals surface area contributed by atoms with Crippen LogP contribution in [0.5, 0.6) is 0 Å². The van der Waals surface area contributed by atoms with Crippen LogP contribution in [-0.2, 0) is 4.74 Å². The lowest BCUT2D eigenvalue weighted by molar-refractivity contribution is 0.0443. The number of nitrogen functional groups attached to an aromatic ring is 1. The van der Waals surface area contributed by atoms with Crippen molar-refractivity contribution in [1.82, 2.24) is 30.4 Å². The van der Waals surface area contributed by atoms with E-state index in [0.717, 1.165) is 4.90 Å². The number of aromatic amines is 2. The maximum absolute atomic E-state index is 11.9. The van der Waals surface area contributed by atoms with Crippen molar-refractivity contribution in [3.63, 3.8) is 0 Å². The van der Waals surface area contributed by atoms with Crippen LogP contribution in [0.3, 0.4) is 0 Å². The summed E-state index contributed by atoms with van der Waals surface area (Å²) in [7, 11) is 0. The zero-order chi connectivity index (χ0) is 23.4. The van der Waals surface area contributed by atoms with E-state index in [-0.39, 0.29) is 17.8 Å². The summed E-state index contributed by atoms with van der Waals surface area (Å²) in [6, 6.07) is 13.2. The third-order valence-electron chi connectivity index (χ3n) is 4.39. The van der Waals surface area contributed by atoms with Crippen LogP contribution in [0.1, 0.15) is 41.4 Å². The minimum absolute atomic E-state index is 0.145. The molecule has 164 valence electrons. The van der Waals surface area contributed by atoms with Gasteiger partial charge in [0.15, 0.2) is 0 Å². The number of anilines is 2. The second-order valence-corrected chi connectivity index (χ2v) is 6.39. The number of nitrogens with zero attached hydrogens (tertiary/aromatic N) is 5. The monoisotopic (exact) mass is 446 g/mol. The van der Waals surface area contributed by atoms with Gasteiger partial charge in [0.25, 0.3) is 11.8 Å². The first kappa shape index (κ1) is 21.0. The zero-order valence-corrected chi connectivity index (χ0v) is 16.6. The smallest absolute Gasteiger partial charge is 0.346 e. The van der Waals surface area contributed by atoms with E-state index in [2.05, 4.69) is 35.1 Å². The number of hydrogen-bond acceptors (Lipinski definition) is 10. The molecule has 2 amide bonds. The average molecular weight is 446 g/mol. The van der Waals surface area contributed by atoms with Gasteiger partial charge in [-0.05, 0) is 24.3 Å². The van der Waals surface area contributed by atoms with Gasteiger partial charge in [-0.3, -0.25) is 9.59 Å². The fourth-order valence-corrected chi connectivity index (χ4v) is 2.94. The standard InChI is InChI=1S/C10H6N4O2.C8H4O3.C2H4N4/c15-8-6-3-1-2-4-7(6)9(16)14(8)10-11-5-12-13-10;9-7-5-3-1-2-4-6(5)8(10)11-7;3-2-4-1-5-6-2/h1-5H,(H,11,12,13);1-4H;1H,(H3,3,4,5,6). The predicted molar refractivity (Wildman–Crippen MR) is 111 cm³/mol. The molecule has 0 bridgehead atoms. The Morgan fingerprint density at radius 2 is 1.18 bits per heavy atom. The van der Waals surface area contributed by atoms with Crippen LogP contribution < -0.4 is 10.6 Å². The molecule has 4 N–H and O–H groups in total. The third-order valence-corrected chi connectivity index (χ3v) is 4.39. The van der Waals surface area contributed by atoms with Crippen molar-refractivity contribution in [3.8, 4) is 0 Å². The number of nitrogens with one attached hydrogen (secondary N) is 2. The molecule has 0 spiro atoms. The molecule has 2 aliphatic heterocycles. The lowest BCUT2D eigenvalue weighted by Crippen LogP contribution is -2.30. The summed E-state index contributed by atoms with van der Waals surface area (Å²) in [5.41, 5.74) is 6.55. The zero-order valence-electron chi connectivity index (χ0n) is 16.6. The van der Waals surface area contributed by atoms with E-state index in [0.29, 0.717) is 28.2 Å². The molecule has 33 heavy (non-hydrogen) atoms. The van der Waals surface area contributed by atoms with Crippen LogP contribution in [0.4, 0.5) is 11.9 Å². The maximum Gasteiger partial charge on any atom is 0.346 e. The molecule has 0 aliphatic carbocycles. The Balaban J connectivity index is 0.000000132.